The van der Waals surface area contributed by atoms with Crippen LogP contribution in [0.25, 0.3) is 0 Å². The van der Waals surface area contributed by atoms with Gasteiger partial charge in [-0.2, -0.15) is 0 Å². The highest BCUT2D eigenvalue weighted by molar-refractivity contribution is 5.71. The van der Waals surface area contributed by atoms with Gasteiger partial charge in [0.05, 0.1) is 0 Å². The maximum Gasteiger partial charge on any atom is 0.306 e. The van der Waals surface area contributed by atoms with Crippen molar-refractivity contribution < 1.29 is 28.6 Å². The molecule has 6 heteroatoms. The van der Waals surface area contributed by atoms with E-state index >= 15 is 0 Å². The molecule has 1 atom stereocenters. The maximum absolute atomic E-state index is 12.9. The van der Waals surface area contributed by atoms with E-state index in [1.807, 2.05) is 0 Å². The molecular formula is C74H130O6. The summed E-state index contributed by atoms with van der Waals surface area (Å²) in [5, 5.41) is 0. The molecule has 0 aliphatic heterocycles. The standard InChI is InChI=1S/C74H130O6/c1-4-7-10-13-16-19-22-25-28-30-32-34-35-36-37-38-39-41-42-44-46-49-52-55-58-61-64-67-73(76)79-70-71(69-78-72(75)66-63-60-57-54-51-48-27-24-21-18-15-12-9-6-3)80-74(77)68-65-62-59-56-53-50-47-45-43-40-33-31-29-26-23-20-17-14-11-8-5-2/h8,11,15,17-18,20,24,26-27,29,33,40,45,47,71H,4-7,9-10,12-14,16,19,21-23,25,28,30-32,34-39,41-44,46,48-70H2,1-3H3/b11-8-,18-15-,20-17-,27-24-,29-26-,40-33-,47-45-. The van der Waals surface area contributed by atoms with E-state index in [-0.39, 0.29) is 31.1 Å². The second-order valence-corrected chi connectivity index (χ2v) is 23.1. The van der Waals surface area contributed by atoms with Crippen molar-refractivity contribution >= 4 is 17.9 Å². The van der Waals surface area contributed by atoms with Crippen LogP contribution in [0.4, 0.5) is 0 Å². The summed E-state index contributed by atoms with van der Waals surface area (Å²) in [4.78, 5) is 38.4. The van der Waals surface area contributed by atoms with Gasteiger partial charge in [0.25, 0.3) is 0 Å². The number of ether oxygens (including phenoxy) is 3. The molecule has 0 rings (SSSR count). The second-order valence-electron chi connectivity index (χ2n) is 23.1. The van der Waals surface area contributed by atoms with Crippen LogP contribution in [-0.2, 0) is 28.6 Å². The van der Waals surface area contributed by atoms with E-state index in [4.69, 9.17) is 14.2 Å². The second kappa shape index (κ2) is 68.1. The van der Waals surface area contributed by atoms with Gasteiger partial charge in [0.15, 0.2) is 6.10 Å². The Kier molecular flexibility index (Phi) is 65.2. The highest BCUT2D eigenvalue weighted by atomic mass is 16.6. The number of allylic oxidation sites excluding steroid dienone is 14. The Morgan fingerprint density at radius 1 is 0.263 bits per heavy atom. The number of unbranched alkanes of at least 4 members (excludes halogenated alkanes) is 38. The van der Waals surface area contributed by atoms with E-state index in [0.29, 0.717) is 19.3 Å². The first-order valence-corrected chi connectivity index (χ1v) is 34.6. The Morgan fingerprint density at radius 3 is 0.800 bits per heavy atom. The molecule has 1 unspecified atom stereocenters. The van der Waals surface area contributed by atoms with Crippen LogP contribution in [0.1, 0.15) is 348 Å². The highest BCUT2D eigenvalue weighted by Gasteiger charge is 2.19. The van der Waals surface area contributed by atoms with Crippen molar-refractivity contribution in [2.24, 2.45) is 0 Å². The summed E-state index contributed by atoms with van der Waals surface area (Å²) < 4.78 is 16.9. The number of rotatable bonds is 63. The molecule has 0 saturated carbocycles. The van der Waals surface area contributed by atoms with E-state index in [1.165, 1.54) is 173 Å². The highest BCUT2D eigenvalue weighted by Crippen LogP contribution is 2.18. The van der Waals surface area contributed by atoms with Crippen LogP contribution in [-0.4, -0.2) is 37.2 Å². The summed E-state index contributed by atoms with van der Waals surface area (Å²) in [5.41, 5.74) is 0. The normalized spacial score (nSPS) is 12.6. The van der Waals surface area contributed by atoms with Gasteiger partial charge in [0, 0.05) is 19.3 Å². The molecule has 80 heavy (non-hydrogen) atoms. The predicted molar refractivity (Wildman–Crippen MR) is 348 cm³/mol. The molecule has 0 spiro atoms. The molecule has 0 saturated heterocycles. The Morgan fingerprint density at radius 2 is 0.500 bits per heavy atom. The van der Waals surface area contributed by atoms with Crippen molar-refractivity contribution in [1.29, 1.82) is 0 Å². The van der Waals surface area contributed by atoms with Gasteiger partial charge in [0.1, 0.15) is 13.2 Å². The summed E-state index contributed by atoms with van der Waals surface area (Å²) in [6, 6.07) is 0. The van der Waals surface area contributed by atoms with Crippen molar-refractivity contribution in [3.63, 3.8) is 0 Å². The summed E-state index contributed by atoms with van der Waals surface area (Å²) in [6.45, 7) is 6.51. The molecule has 0 heterocycles. The van der Waals surface area contributed by atoms with Gasteiger partial charge in [-0.15, -0.1) is 0 Å². The fraction of sp³-hybridized carbons (Fsp3) is 0.770. The third-order valence-electron chi connectivity index (χ3n) is 15.1. The lowest BCUT2D eigenvalue weighted by atomic mass is 10.0. The zero-order valence-corrected chi connectivity index (χ0v) is 53.1. The average molecular weight is 1120 g/mol. The minimum Gasteiger partial charge on any atom is -0.462 e. The van der Waals surface area contributed by atoms with Crippen molar-refractivity contribution in [3.8, 4) is 0 Å². The van der Waals surface area contributed by atoms with Crippen molar-refractivity contribution in [3.05, 3.63) is 85.1 Å². The molecule has 0 fully saturated rings. The average Bonchev–Trinajstić information content (AvgIpc) is 3.46. The van der Waals surface area contributed by atoms with Gasteiger partial charge in [0.2, 0.25) is 0 Å². The predicted octanol–water partition coefficient (Wildman–Crippen LogP) is 23.8. The summed E-state index contributed by atoms with van der Waals surface area (Å²) >= 11 is 0. The van der Waals surface area contributed by atoms with Crippen LogP contribution in [0.15, 0.2) is 85.1 Å². The zero-order valence-electron chi connectivity index (χ0n) is 53.1. The Bertz CT molecular complexity index is 1520. The molecule has 0 bridgehead atoms. The monoisotopic (exact) mass is 1110 g/mol. The Hall–Kier alpha value is -3.41. The molecule has 6 nitrogen and oxygen atoms in total. The number of carbonyl (C=O) groups excluding carboxylic acids is 3. The van der Waals surface area contributed by atoms with Crippen molar-refractivity contribution in [2.75, 3.05) is 13.2 Å². The summed E-state index contributed by atoms with van der Waals surface area (Å²) in [5.74, 6) is -0.904. The SMILES string of the molecule is CC/C=C\C/C=C\C/C=C\C/C=C\C/C=C\CCCCCCCC(=O)OC(COC(=O)CCCCCCC/C=C\C/C=C\CCCC)COC(=O)CCCCCCCCCCCCCCCCCCCCCCCCCCCCC. The van der Waals surface area contributed by atoms with Crippen LogP contribution in [0.2, 0.25) is 0 Å². The van der Waals surface area contributed by atoms with E-state index in [2.05, 4.69) is 106 Å². The molecule has 0 aromatic carbocycles. The summed E-state index contributed by atoms with van der Waals surface area (Å²) in [7, 11) is 0. The fourth-order valence-electron chi connectivity index (χ4n) is 9.96. The van der Waals surface area contributed by atoms with Crippen molar-refractivity contribution in [1.82, 2.24) is 0 Å². The van der Waals surface area contributed by atoms with Crippen LogP contribution < -0.4 is 0 Å². The van der Waals surface area contributed by atoms with E-state index in [1.54, 1.807) is 0 Å². The Balaban J connectivity index is 4.30. The van der Waals surface area contributed by atoms with Gasteiger partial charge in [-0.1, -0.05) is 324 Å². The first-order valence-electron chi connectivity index (χ1n) is 34.6. The first-order chi connectivity index (χ1) is 39.5. The molecule has 0 amide bonds. The molecule has 0 aliphatic carbocycles. The molecule has 0 aliphatic rings. The largest absolute Gasteiger partial charge is 0.462 e. The van der Waals surface area contributed by atoms with Crippen LogP contribution >= 0.6 is 0 Å². The van der Waals surface area contributed by atoms with E-state index < -0.39 is 6.10 Å². The van der Waals surface area contributed by atoms with Gasteiger partial charge in [-0.25, -0.2) is 0 Å². The lowest BCUT2D eigenvalue weighted by Gasteiger charge is -2.18. The number of carbonyl (C=O) groups is 3. The number of hydrogen-bond acceptors (Lipinski definition) is 6. The smallest absolute Gasteiger partial charge is 0.306 e. The molecular weight excluding hydrogens is 985 g/mol. The molecule has 0 N–H and O–H groups in total. The van der Waals surface area contributed by atoms with Crippen LogP contribution in [0.3, 0.4) is 0 Å². The minimum atomic E-state index is -0.794. The van der Waals surface area contributed by atoms with Gasteiger partial charge < -0.3 is 14.2 Å². The number of esters is 3. The first kappa shape index (κ1) is 76.6. The van der Waals surface area contributed by atoms with Gasteiger partial charge >= 0.3 is 17.9 Å². The van der Waals surface area contributed by atoms with E-state index in [9.17, 15) is 14.4 Å². The topological polar surface area (TPSA) is 78.9 Å². The number of hydrogen-bond donors (Lipinski definition) is 0. The quantitative estimate of drug-likeness (QED) is 0.0261. The Labute approximate surface area is 496 Å². The fourth-order valence-corrected chi connectivity index (χ4v) is 9.96. The molecule has 462 valence electrons. The lowest BCUT2D eigenvalue weighted by Crippen LogP contribution is -2.30. The molecule has 0 aromatic heterocycles. The van der Waals surface area contributed by atoms with Crippen LogP contribution in [0.5, 0.6) is 0 Å². The summed E-state index contributed by atoms with van der Waals surface area (Å²) in [6.07, 6.45) is 90.4. The molecule has 0 aromatic rings. The van der Waals surface area contributed by atoms with Crippen molar-refractivity contribution in [2.45, 2.75) is 354 Å². The zero-order chi connectivity index (χ0) is 57.8. The van der Waals surface area contributed by atoms with Gasteiger partial charge in [-0.3, -0.25) is 14.4 Å². The minimum absolute atomic E-state index is 0.0866. The lowest BCUT2D eigenvalue weighted by molar-refractivity contribution is -0.167. The third kappa shape index (κ3) is 65.4. The van der Waals surface area contributed by atoms with Crippen LogP contribution in [0, 0.1) is 0 Å². The van der Waals surface area contributed by atoms with Gasteiger partial charge in [-0.05, 0) is 89.9 Å². The molecule has 0 radical (unpaired) electrons. The third-order valence-corrected chi connectivity index (χ3v) is 15.1. The maximum atomic E-state index is 12.9. The van der Waals surface area contributed by atoms with E-state index in [0.717, 1.165) is 135 Å².